The van der Waals surface area contributed by atoms with Gasteiger partial charge in [0.2, 0.25) is 0 Å². The van der Waals surface area contributed by atoms with E-state index in [1.165, 1.54) is 0 Å². The summed E-state index contributed by atoms with van der Waals surface area (Å²) in [4.78, 5) is 32.5. The minimum Gasteiger partial charge on any atom is -0.378 e. The topological polar surface area (TPSA) is 83.6 Å². The summed E-state index contributed by atoms with van der Waals surface area (Å²) in [6.45, 7) is 4.98. The highest BCUT2D eigenvalue weighted by atomic mass is 32.1. The van der Waals surface area contributed by atoms with E-state index in [2.05, 4.69) is 15.5 Å². The molecule has 0 spiro atoms. The molecule has 3 aromatic carbocycles. The third kappa shape index (κ3) is 4.78. The summed E-state index contributed by atoms with van der Waals surface area (Å²) < 4.78 is 6.44. The summed E-state index contributed by atoms with van der Waals surface area (Å²) in [7, 11) is 0. The van der Waals surface area contributed by atoms with Gasteiger partial charge in [-0.1, -0.05) is 35.6 Å². The number of amides is 2. The molecule has 34 heavy (non-hydrogen) atoms. The maximum atomic E-state index is 13.0. The van der Waals surface area contributed by atoms with Crippen LogP contribution in [0.3, 0.4) is 0 Å². The molecule has 2 N–H and O–H groups in total. The molecule has 0 bridgehead atoms. The minimum absolute atomic E-state index is 0.215. The van der Waals surface area contributed by atoms with Crippen molar-refractivity contribution in [1.82, 2.24) is 4.98 Å². The number of hydrogen-bond acceptors (Lipinski definition) is 6. The molecule has 2 heterocycles. The number of carbonyl (C=O) groups excluding carboxylic acids is 2. The summed E-state index contributed by atoms with van der Waals surface area (Å²) in [6.07, 6.45) is 0. The number of morpholine rings is 1. The lowest BCUT2D eigenvalue weighted by Crippen LogP contribution is -2.36. The van der Waals surface area contributed by atoms with Crippen molar-refractivity contribution >= 4 is 49.9 Å². The van der Waals surface area contributed by atoms with Crippen molar-refractivity contribution in [2.75, 3.05) is 41.8 Å². The van der Waals surface area contributed by atoms with Gasteiger partial charge in [-0.25, -0.2) is 4.98 Å². The first-order chi connectivity index (χ1) is 16.6. The number of hydrogen-bond donors (Lipinski definition) is 2. The normalized spacial score (nSPS) is 13.6. The molecular formula is C26H24N4O3S. The number of nitrogens with zero attached hydrogens (tertiary/aromatic N) is 2. The molecule has 8 heteroatoms. The van der Waals surface area contributed by atoms with Crippen molar-refractivity contribution in [2.45, 2.75) is 6.92 Å². The number of carbonyl (C=O) groups is 2. The number of aromatic nitrogens is 1. The highest BCUT2D eigenvalue weighted by molar-refractivity contribution is 7.22. The van der Waals surface area contributed by atoms with Crippen LogP contribution in [-0.4, -0.2) is 43.1 Å². The molecule has 0 radical (unpaired) electrons. The maximum absolute atomic E-state index is 13.0. The first-order valence-corrected chi connectivity index (χ1v) is 11.9. The van der Waals surface area contributed by atoms with E-state index in [1.807, 2.05) is 49.4 Å². The molecule has 4 aromatic rings. The van der Waals surface area contributed by atoms with Crippen molar-refractivity contribution in [2.24, 2.45) is 0 Å². The molecule has 2 amide bonds. The van der Waals surface area contributed by atoms with Crippen molar-refractivity contribution in [1.29, 1.82) is 0 Å². The van der Waals surface area contributed by atoms with Gasteiger partial charge in [-0.05, 0) is 55.0 Å². The summed E-state index contributed by atoms with van der Waals surface area (Å²) in [5, 5.41) is 6.84. The minimum atomic E-state index is -0.243. The molecule has 0 unspecified atom stereocenters. The SMILES string of the molecule is Cc1ccc(C(=O)Nc2ccc3nc(N4CCOCC4)sc3c2)cc1NC(=O)c1ccccc1. The van der Waals surface area contributed by atoms with Crippen LogP contribution < -0.4 is 15.5 Å². The zero-order valence-electron chi connectivity index (χ0n) is 18.7. The number of anilines is 3. The Hall–Kier alpha value is -3.75. The van der Waals surface area contributed by atoms with Gasteiger partial charge in [0.25, 0.3) is 11.8 Å². The monoisotopic (exact) mass is 472 g/mol. The third-order valence-electron chi connectivity index (χ3n) is 5.70. The Balaban J connectivity index is 1.31. The summed E-state index contributed by atoms with van der Waals surface area (Å²) >= 11 is 1.61. The van der Waals surface area contributed by atoms with Gasteiger partial charge < -0.3 is 20.3 Å². The number of ether oxygens (including phenoxy) is 1. The number of fused-ring (bicyclic) bond motifs is 1. The van der Waals surface area contributed by atoms with Gasteiger partial charge in [0.1, 0.15) is 0 Å². The Kier molecular flexibility index (Phi) is 6.24. The molecule has 1 aromatic heterocycles. The van der Waals surface area contributed by atoms with Gasteiger partial charge in [0, 0.05) is 35.6 Å². The van der Waals surface area contributed by atoms with Gasteiger partial charge in [-0.2, -0.15) is 0 Å². The van der Waals surface area contributed by atoms with E-state index in [9.17, 15) is 9.59 Å². The van der Waals surface area contributed by atoms with E-state index in [0.29, 0.717) is 35.7 Å². The molecule has 5 rings (SSSR count). The van der Waals surface area contributed by atoms with E-state index >= 15 is 0 Å². The fourth-order valence-electron chi connectivity index (χ4n) is 3.77. The maximum Gasteiger partial charge on any atom is 0.255 e. The third-order valence-corrected chi connectivity index (χ3v) is 6.78. The van der Waals surface area contributed by atoms with Crippen LogP contribution in [0.4, 0.5) is 16.5 Å². The van der Waals surface area contributed by atoms with Gasteiger partial charge in [0.15, 0.2) is 5.13 Å². The first-order valence-electron chi connectivity index (χ1n) is 11.1. The summed E-state index contributed by atoms with van der Waals surface area (Å²) in [5.74, 6) is -0.458. The molecule has 0 saturated carbocycles. The second kappa shape index (κ2) is 9.62. The van der Waals surface area contributed by atoms with E-state index < -0.39 is 0 Å². The highest BCUT2D eigenvalue weighted by Crippen LogP contribution is 2.31. The molecule has 7 nitrogen and oxygen atoms in total. The smallest absolute Gasteiger partial charge is 0.255 e. The first kappa shape index (κ1) is 22.1. The highest BCUT2D eigenvalue weighted by Gasteiger charge is 2.16. The lowest BCUT2D eigenvalue weighted by Gasteiger charge is -2.25. The van der Waals surface area contributed by atoms with E-state index in [0.717, 1.165) is 34.0 Å². The lowest BCUT2D eigenvalue weighted by atomic mass is 10.1. The van der Waals surface area contributed by atoms with Crippen molar-refractivity contribution < 1.29 is 14.3 Å². The fourth-order valence-corrected chi connectivity index (χ4v) is 4.82. The van der Waals surface area contributed by atoms with Crippen molar-refractivity contribution in [3.8, 4) is 0 Å². The quantitative estimate of drug-likeness (QED) is 0.430. The second-order valence-corrected chi connectivity index (χ2v) is 9.09. The fraction of sp³-hybridized carbons (Fsp3) is 0.192. The Morgan fingerprint density at radius 1 is 0.912 bits per heavy atom. The summed E-state index contributed by atoms with van der Waals surface area (Å²) in [5.41, 5.74) is 4.12. The standard InChI is InChI=1S/C26H24N4O3S/c1-17-7-8-19(15-22(17)28-24(31)18-5-3-2-4-6-18)25(32)27-20-9-10-21-23(16-20)34-26(29-21)30-11-13-33-14-12-30/h2-10,15-16H,11-14H2,1H3,(H,27,32)(H,28,31). The van der Waals surface area contributed by atoms with Crippen molar-refractivity contribution in [3.63, 3.8) is 0 Å². The van der Waals surface area contributed by atoms with Crippen LogP contribution in [-0.2, 0) is 4.74 Å². The Bertz CT molecular complexity index is 1350. The molecule has 0 atom stereocenters. The predicted molar refractivity (Wildman–Crippen MR) is 136 cm³/mol. The number of thiazole rings is 1. The Labute approximate surface area is 201 Å². The predicted octanol–water partition coefficient (Wildman–Crippen LogP) is 4.95. The Morgan fingerprint density at radius 3 is 2.47 bits per heavy atom. The van der Waals surface area contributed by atoms with Gasteiger partial charge >= 0.3 is 0 Å². The number of benzene rings is 3. The van der Waals surface area contributed by atoms with Gasteiger partial charge in [-0.15, -0.1) is 0 Å². The average Bonchev–Trinajstić information content (AvgIpc) is 3.30. The molecule has 0 aliphatic carbocycles. The summed E-state index contributed by atoms with van der Waals surface area (Å²) in [6, 6.07) is 20.0. The molecule has 172 valence electrons. The van der Waals surface area contributed by atoms with E-state index in [-0.39, 0.29) is 11.8 Å². The van der Waals surface area contributed by atoms with Crippen LogP contribution in [0.1, 0.15) is 26.3 Å². The van der Waals surface area contributed by atoms with Crippen LogP contribution in [0.5, 0.6) is 0 Å². The lowest BCUT2D eigenvalue weighted by molar-refractivity contribution is 0.101. The molecule has 1 fully saturated rings. The molecule has 1 saturated heterocycles. The zero-order valence-corrected chi connectivity index (χ0v) is 19.5. The largest absolute Gasteiger partial charge is 0.378 e. The molecule has 1 aliphatic rings. The average molecular weight is 473 g/mol. The van der Waals surface area contributed by atoms with Crippen LogP contribution in [0.2, 0.25) is 0 Å². The number of rotatable bonds is 5. The van der Waals surface area contributed by atoms with E-state index in [1.54, 1.807) is 35.6 Å². The number of aryl methyl sites for hydroxylation is 1. The Morgan fingerprint density at radius 2 is 1.68 bits per heavy atom. The molecular weight excluding hydrogens is 448 g/mol. The van der Waals surface area contributed by atoms with Crippen molar-refractivity contribution in [3.05, 3.63) is 83.4 Å². The zero-order chi connectivity index (χ0) is 23.5. The molecule has 1 aliphatic heterocycles. The van der Waals surface area contributed by atoms with Crippen LogP contribution in [0, 0.1) is 6.92 Å². The van der Waals surface area contributed by atoms with Crippen LogP contribution in [0.15, 0.2) is 66.7 Å². The van der Waals surface area contributed by atoms with Gasteiger partial charge in [0.05, 0.1) is 23.4 Å². The van der Waals surface area contributed by atoms with Crippen LogP contribution in [0.25, 0.3) is 10.2 Å². The van der Waals surface area contributed by atoms with E-state index in [4.69, 9.17) is 9.72 Å². The number of nitrogens with one attached hydrogen (secondary N) is 2. The second-order valence-electron chi connectivity index (χ2n) is 8.08. The van der Waals surface area contributed by atoms with Crippen LogP contribution >= 0.6 is 11.3 Å². The van der Waals surface area contributed by atoms with Gasteiger partial charge in [-0.3, -0.25) is 9.59 Å².